The number of carbonyl (C=O) groups excluding carboxylic acids is 2. The molecule has 32 heavy (non-hydrogen) atoms. The van der Waals surface area contributed by atoms with E-state index in [1.54, 1.807) is 12.3 Å². The van der Waals surface area contributed by atoms with Crippen molar-refractivity contribution in [1.82, 2.24) is 20.4 Å². The highest BCUT2D eigenvalue weighted by Gasteiger charge is 2.38. The largest absolute Gasteiger partial charge is 0.490 e. The molecule has 2 saturated heterocycles. The molecule has 3 heterocycles. The van der Waals surface area contributed by atoms with E-state index in [9.17, 15) is 27.6 Å². The number of imide groups is 1. The molecule has 1 aromatic heterocycles. The average molecular weight is 455 g/mol. The lowest BCUT2D eigenvalue weighted by Crippen LogP contribution is -2.45. The van der Waals surface area contributed by atoms with Crippen LogP contribution in [-0.4, -0.2) is 65.0 Å². The number of carbonyl (C=O) groups is 3. The van der Waals surface area contributed by atoms with Crippen LogP contribution < -0.4 is 21.1 Å². The molecule has 2 amide bonds. The number of aliphatic carboxylic acids is 1. The van der Waals surface area contributed by atoms with Crippen molar-refractivity contribution in [2.45, 2.75) is 25.1 Å². The lowest BCUT2D eigenvalue weighted by Gasteiger charge is -2.29. The average Bonchev–Trinajstić information content (AvgIpc) is 2.75. The SMILES string of the molecule is O=C(O)C(F)(F)F.O=C1CCC(n2ncc3cc(N4CCNCC4)ccc3c2=O)C(=O)N1. The van der Waals surface area contributed by atoms with E-state index in [0.29, 0.717) is 11.8 Å². The fraction of sp³-hybridized carbons (Fsp3) is 0.421. The van der Waals surface area contributed by atoms with Crippen LogP contribution in [0.1, 0.15) is 18.9 Å². The van der Waals surface area contributed by atoms with Crippen LogP contribution in [0.2, 0.25) is 0 Å². The number of nitrogens with one attached hydrogen (secondary N) is 2. The van der Waals surface area contributed by atoms with Crippen molar-refractivity contribution in [3.05, 3.63) is 34.7 Å². The molecule has 2 aliphatic rings. The van der Waals surface area contributed by atoms with E-state index in [4.69, 9.17) is 9.90 Å². The van der Waals surface area contributed by atoms with Crippen molar-refractivity contribution < 1.29 is 32.7 Å². The van der Waals surface area contributed by atoms with Crippen molar-refractivity contribution in [3.63, 3.8) is 0 Å². The van der Waals surface area contributed by atoms with Gasteiger partial charge in [0, 0.05) is 43.7 Å². The van der Waals surface area contributed by atoms with Gasteiger partial charge in [-0.05, 0) is 24.6 Å². The number of aromatic nitrogens is 2. The van der Waals surface area contributed by atoms with Gasteiger partial charge in [-0.2, -0.15) is 18.3 Å². The maximum absolute atomic E-state index is 12.8. The van der Waals surface area contributed by atoms with Crippen molar-refractivity contribution in [3.8, 4) is 0 Å². The second-order valence-electron chi connectivity index (χ2n) is 7.17. The number of piperidine rings is 1. The maximum atomic E-state index is 12.8. The molecule has 2 aromatic rings. The number of hydrogen-bond donors (Lipinski definition) is 3. The molecule has 4 rings (SSSR count). The summed E-state index contributed by atoms with van der Waals surface area (Å²) < 4.78 is 32.9. The topological polar surface area (TPSA) is 134 Å². The van der Waals surface area contributed by atoms with Crippen LogP contribution in [0.15, 0.2) is 29.2 Å². The van der Waals surface area contributed by atoms with E-state index in [0.717, 1.165) is 37.3 Å². The van der Waals surface area contributed by atoms with Crippen molar-refractivity contribution in [2.75, 3.05) is 31.1 Å². The summed E-state index contributed by atoms with van der Waals surface area (Å²) in [6, 6.07) is 4.95. The predicted octanol–water partition coefficient (Wildman–Crippen LogP) is 0.417. The van der Waals surface area contributed by atoms with Crippen molar-refractivity contribution in [1.29, 1.82) is 0 Å². The third-order valence-corrected chi connectivity index (χ3v) is 5.02. The summed E-state index contributed by atoms with van der Waals surface area (Å²) in [5.74, 6) is -3.54. The Morgan fingerprint density at radius 3 is 2.41 bits per heavy atom. The lowest BCUT2D eigenvalue weighted by molar-refractivity contribution is -0.192. The van der Waals surface area contributed by atoms with Gasteiger partial charge in [0.1, 0.15) is 6.04 Å². The van der Waals surface area contributed by atoms with Gasteiger partial charge in [-0.3, -0.25) is 19.7 Å². The van der Waals surface area contributed by atoms with Crippen LogP contribution in [0.25, 0.3) is 10.8 Å². The van der Waals surface area contributed by atoms with Crippen LogP contribution >= 0.6 is 0 Å². The summed E-state index contributed by atoms with van der Waals surface area (Å²) in [6.07, 6.45) is -2.96. The van der Waals surface area contributed by atoms with Gasteiger partial charge in [-0.15, -0.1) is 0 Å². The molecule has 0 spiro atoms. The van der Waals surface area contributed by atoms with E-state index in [1.807, 2.05) is 12.1 Å². The Bertz CT molecular complexity index is 1090. The Hall–Kier alpha value is -3.48. The first-order valence-corrected chi connectivity index (χ1v) is 9.69. The Morgan fingerprint density at radius 2 is 1.81 bits per heavy atom. The molecule has 172 valence electrons. The zero-order chi connectivity index (χ0) is 23.5. The number of benzene rings is 1. The zero-order valence-electron chi connectivity index (χ0n) is 16.7. The monoisotopic (exact) mass is 455 g/mol. The summed E-state index contributed by atoms with van der Waals surface area (Å²) in [4.78, 5) is 47.2. The quantitative estimate of drug-likeness (QED) is 0.555. The molecule has 2 aliphatic heterocycles. The summed E-state index contributed by atoms with van der Waals surface area (Å²) in [7, 11) is 0. The fourth-order valence-electron chi connectivity index (χ4n) is 3.41. The molecule has 10 nitrogen and oxygen atoms in total. The van der Waals surface area contributed by atoms with Gasteiger partial charge in [-0.25, -0.2) is 9.48 Å². The number of anilines is 1. The summed E-state index contributed by atoms with van der Waals surface area (Å²) in [5.41, 5.74) is 0.757. The minimum Gasteiger partial charge on any atom is -0.475 e. The molecular formula is C19H20F3N5O5. The van der Waals surface area contributed by atoms with Crippen LogP contribution in [-0.2, 0) is 14.4 Å². The van der Waals surface area contributed by atoms with Crippen molar-refractivity contribution in [2.24, 2.45) is 0 Å². The second kappa shape index (κ2) is 9.34. The molecule has 0 radical (unpaired) electrons. The van der Waals surface area contributed by atoms with Gasteiger partial charge in [0.2, 0.25) is 5.91 Å². The Balaban J connectivity index is 0.000000360. The van der Waals surface area contributed by atoms with E-state index >= 15 is 0 Å². The van der Waals surface area contributed by atoms with Crippen molar-refractivity contribution >= 4 is 34.2 Å². The fourth-order valence-corrected chi connectivity index (χ4v) is 3.41. The van der Waals surface area contributed by atoms with Crippen LogP contribution in [0.3, 0.4) is 0 Å². The summed E-state index contributed by atoms with van der Waals surface area (Å²) in [5, 5.41) is 18.2. The highest BCUT2D eigenvalue weighted by molar-refractivity contribution is 5.99. The van der Waals surface area contributed by atoms with Gasteiger partial charge in [0.05, 0.1) is 11.6 Å². The van der Waals surface area contributed by atoms with Gasteiger partial charge < -0.3 is 15.3 Å². The molecule has 1 unspecified atom stereocenters. The third-order valence-electron chi connectivity index (χ3n) is 5.02. The Morgan fingerprint density at radius 1 is 1.16 bits per heavy atom. The van der Waals surface area contributed by atoms with Crippen LogP contribution in [0, 0.1) is 0 Å². The molecule has 13 heteroatoms. The summed E-state index contributed by atoms with van der Waals surface area (Å²) in [6.45, 7) is 3.72. The van der Waals surface area contributed by atoms with Gasteiger partial charge in [0.25, 0.3) is 11.5 Å². The number of amides is 2. The van der Waals surface area contributed by atoms with E-state index in [2.05, 4.69) is 20.6 Å². The Kier molecular flexibility index (Phi) is 6.77. The van der Waals surface area contributed by atoms with E-state index < -0.39 is 24.1 Å². The first-order valence-electron chi connectivity index (χ1n) is 9.69. The number of fused-ring (bicyclic) bond motifs is 1. The Labute approximate surface area is 179 Å². The second-order valence-corrected chi connectivity index (χ2v) is 7.17. The number of alkyl halides is 3. The number of halogens is 3. The zero-order valence-corrected chi connectivity index (χ0v) is 16.7. The van der Waals surface area contributed by atoms with E-state index in [-0.39, 0.29) is 17.9 Å². The van der Waals surface area contributed by atoms with Gasteiger partial charge in [0.15, 0.2) is 0 Å². The number of piperazine rings is 1. The van der Waals surface area contributed by atoms with Crippen LogP contribution in [0.4, 0.5) is 18.9 Å². The highest BCUT2D eigenvalue weighted by atomic mass is 19.4. The lowest BCUT2D eigenvalue weighted by atomic mass is 10.1. The highest BCUT2D eigenvalue weighted by Crippen LogP contribution is 2.22. The molecule has 2 fully saturated rings. The van der Waals surface area contributed by atoms with Gasteiger partial charge >= 0.3 is 12.1 Å². The first kappa shape index (κ1) is 23.2. The number of carboxylic acid groups (broad SMARTS) is 1. The number of nitrogens with zero attached hydrogens (tertiary/aromatic N) is 3. The minimum absolute atomic E-state index is 0.213. The molecule has 0 saturated carbocycles. The number of hydrogen-bond acceptors (Lipinski definition) is 7. The standard InChI is InChI=1S/C17H19N5O3.C2HF3O2/c23-15-4-3-14(16(24)20-15)22-17(25)13-2-1-12(9-11(13)10-19-22)21-7-5-18-6-8-21;3-2(4,5)1(6)7/h1-2,9-10,14,18H,3-8H2,(H,20,23,24);(H,6,7). The normalized spacial score (nSPS) is 19.2. The molecule has 3 N–H and O–H groups in total. The molecule has 0 bridgehead atoms. The van der Waals surface area contributed by atoms with E-state index in [1.165, 1.54) is 4.68 Å². The smallest absolute Gasteiger partial charge is 0.475 e. The third kappa shape index (κ3) is 5.22. The summed E-state index contributed by atoms with van der Waals surface area (Å²) >= 11 is 0. The molecule has 1 atom stereocenters. The number of carboxylic acids is 1. The predicted molar refractivity (Wildman–Crippen MR) is 106 cm³/mol. The molecule has 0 aliphatic carbocycles. The molecule has 1 aromatic carbocycles. The van der Waals surface area contributed by atoms with Gasteiger partial charge in [-0.1, -0.05) is 0 Å². The van der Waals surface area contributed by atoms with Crippen LogP contribution in [0.5, 0.6) is 0 Å². The maximum Gasteiger partial charge on any atom is 0.490 e. The minimum atomic E-state index is -5.08. The molecular weight excluding hydrogens is 435 g/mol. The first-order chi connectivity index (χ1) is 15.1. The number of rotatable bonds is 2.